The third kappa shape index (κ3) is 5.61. The second-order valence-corrected chi connectivity index (χ2v) is 10.7. The van der Waals surface area contributed by atoms with Crippen LogP contribution in [0.25, 0.3) is 0 Å². The van der Waals surface area contributed by atoms with E-state index < -0.39 is 25.9 Å². The van der Waals surface area contributed by atoms with E-state index in [1.807, 2.05) is 0 Å². The lowest BCUT2D eigenvalue weighted by molar-refractivity contribution is 0.402. The monoisotopic (exact) mass is 534 g/mol. The summed E-state index contributed by atoms with van der Waals surface area (Å²) in [5.74, 6) is -0.831. The van der Waals surface area contributed by atoms with Gasteiger partial charge in [-0.2, -0.15) is 0 Å². The fraction of sp³-hybridized carbons (Fsp3) is 0.100. The predicted octanol–water partition coefficient (Wildman–Crippen LogP) is 4.75. The molecule has 0 aliphatic heterocycles. The number of ether oxygens (including phenoxy) is 2. The van der Waals surface area contributed by atoms with Crippen molar-refractivity contribution >= 4 is 54.6 Å². The van der Waals surface area contributed by atoms with Crippen LogP contribution >= 0.6 is 23.2 Å². The van der Waals surface area contributed by atoms with Crippen molar-refractivity contribution in [3.63, 3.8) is 0 Å². The van der Waals surface area contributed by atoms with E-state index in [0.717, 1.165) is 30.3 Å². The van der Waals surface area contributed by atoms with Gasteiger partial charge in [0.05, 0.1) is 25.6 Å². The van der Waals surface area contributed by atoms with Crippen molar-refractivity contribution in [1.82, 2.24) is 0 Å². The average molecular weight is 535 g/mol. The maximum absolute atomic E-state index is 14.0. The van der Waals surface area contributed by atoms with Gasteiger partial charge in [0.1, 0.15) is 27.1 Å². The fourth-order valence-electron chi connectivity index (χ4n) is 2.81. The van der Waals surface area contributed by atoms with E-state index in [0.29, 0.717) is 0 Å². The van der Waals surface area contributed by atoms with Crippen LogP contribution < -0.4 is 18.9 Å². The molecule has 0 radical (unpaired) electrons. The van der Waals surface area contributed by atoms with Crippen molar-refractivity contribution in [3.05, 3.63) is 70.5 Å². The first-order valence-corrected chi connectivity index (χ1v) is 12.7. The molecule has 0 unspecified atom stereocenters. The molecule has 0 atom stereocenters. The number of methoxy groups -OCH3 is 2. The third-order valence-electron chi connectivity index (χ3n) is 4.30. The molecule has 0 spiro atoms. The fourth-order valence-corrected chi connectivity index (χ4v) is 5.83. The molecule has 0 fully saturated rings. The predicted molar refractivity (Wildman–Crippen MR) is 124 cm³/mol. The molecule has 3 aromatic carbocycles. The van der Waals surface area contributed by atoms with E-state index in [-0.39, 0.29) is 42.7 Å². The molecule has 0 aliphatic rings. The molecule has 3 rings (SSSR count). The molecule has 0 bridgehead atoms. The summed E-state index contributed by atoms with van der Waals surface area (Å²) in [6.45, 7) is 0. The standard InChI is InChI=1S/C20H17Cl2FN2O6S2/c1-30-17-7-3-12(21)9-19(17)32(26,27)24-15-6-5-14(23)11-16(15)25-33(28,29)20-10-13(22)4-8-18(20)31-2/h3-11,24-25H,1-2H3. The molecular formula is C20H17Cl2FN2O6S2. The summed E-state index contributed by atoms with van der Waals surface area (Å²) in [5, 5.41) is 0.244. The molecule has 0 amide bonds. The zero-order valence-corrected chi connectivity index (χ0v) is 20.2. The average Bonchev–Trinajstić information content (AvgIpc) is 2.75. The minimum absolute atomic E-state index is 0.000179. The van der Waals surface area contributed by atoms with Crippen LogP contribution in [0, 0.1) is 5.82 Å². The Morgan fingerprint density at radius 2 is 1.15 bits per heavy atom. The molecule has 13 heteroatoms. The summed E-state index contributed by atoms with van der Waals surface area (Å²) in [6.07, 6.45) is 0. The highest BCUT2D eigenvalue weighted by Crippen LogP contribution is 2.34. The van der Waals surface area contributed by atoms with Crippen molar-refractivity contribution in [2.24, 2.45) is 0 Å². The van der Waals surface area contributed by atoms with Gasteiger partial charge in [-0.25, -0.2) is 21.2 Å². The van der Waals surface area contributed by atoms with Gasteiger partial charge < -0.3 is 9.47 Å². The molecule has 0 heterocycles. The number of anilines is 2. The summed E-state index contributed by atoms with van der Waals surface area (Å²) < 4.78 is 80.5. The molecule has 0 saturated heterocycles. The third-order valence-corrected chi connectivity index (χ3v) is 7.54. The van der Waals surface area contributed by atoms with E-state index in [1.54, 1.807) is 0 Å². The van der Waals surface area contributed by atoms with Crippen molar-refractivity contribution in [2.75, 3.05) is 23.7 Å². The Balaban J connectivity index is 2.05. The van der Waals surface area contributed by atoms with Crippen LogP contribution in [0.1, 0.15) is 0 Å². The Morgan fingerprint density at radius 3 is 1.61 bits per heavy atom. The summed E-state index contributed by atoms with van der Waals surface area (Å²) in [5.41, 5.74) is -0.621. The van der Waals surface area contributed by atoms with Gasteiger partial charge in [0.15, 0.2) is 0 Å². The van der Waals surface area contributed by atoms with Crippen molar-refractivity contribution in [2.45, 2.75) is 9.79 Å². The van der Waals surface area contributed by atoms with Crippen LogP contribution in [-0.4, -0.2) is 31.1 Å². The van der Waals surface area contributed by atoms with Gasteiger partial charge in [-0.1, -0.05) is 23.2 Å². The number of benzene rings is 3. The van der Waals surface area contributed by atoms with E-state index in [4.69, 9.17) is 32.7 Å². The first kappa shape index (κ1) is 24.9. The van der Waals surface area contributed by atoms with Crippen LogP contribution in [0.3, 0.4) is 0 Å². The zero-order valence-electron chi connectivity index (χ0n) is 17.1. The highest BCUT2D eigenvalue weighted by Gasteiger charge is 2.25. The Labute approximate surface area is 200 Å². The van der Waals surface area contributed by atoms with E-state index in [2.05, 4.69) is 9.44 Å². The first-order valence-electron chi connectivity index (χ1n) is 8.99. The number of nitrogens with one attached hydrogen (secondary N) is 2. The van der Waals surface area contributed by atoms with E-state index in [1.165, 1.54) is 38.5 Å². The lowest BCUT2D eigenvalue weighted by Gasteiger charge is -2.17. The topological polar surface area (TPSA) is 111 Å². The minimum atomic E-state index is -4.36. The van der Waals surface area contributed by atoms with Crippen LogP contribution in [-0.2, 0) is 20.0 Å². The summed E-state index contributed by atoms with van der Waals surface area (Å²) in [7, 11) is -6.14. The quantitative estimate of drug-likeness (QED) is 0.431. The molecule has 2 N–H and O–H groups in total. The van der Waals surface area contributed by atoms with Crippen molar-refractivity contribution in [3.8, 4) is 11.5 Å². The lowest BCUT2D eigenvalue weighted by Crippen LogP contribution is -2.18. The highest BCUT2D eigenvalue weighted by atomic mass is 35.5. The van der Waals surface area contributed by atoms with Crippen LogP contribution in [0.2, 0.25) is 10.0 Å². The smallest absolute Gasteiger partial charge is 0.265 e. The first-order chi connectivity index (χ1) is 15.5. The summed E-state index contributed by atoms with van der Waals surface area (Å²) in [4.78, 5) is -0.626. The van der Waals surface area contributed by atoms with E-state index >= 15 is 0 Å². The molecular weight excluding hydrogens is 518 g/mol. The summed E-state index contributed by atoms with van der Waals surface area (Å²) in [6, 6.07) is 10.7. The van der Waals surface area contributed by atoms with Gasteiger partial charge >= 0.3 is 0 Å². The maximum atomic E-state index is 14.0. The number of hydrogen-bond acceptors (Lipinski definition) is 6. The molecule has 0 saturated carbocycles. The number of sulfonamides is 2. The number of rotatable bonds is 8. The van der Waals surface area contributed by atoms with Gasteiger partial charge in [0.25, 0.3) is 20.0 Å². The number of hydrogen-bond donors (Lipinski definition) is 2. The van der Waals surface area contributed by atoms with Gasteiger partial charge in [-0.15, -0.1) is 0 Å². The van der Waals surface area contributed by atoms with Crippen LogP contribution in [0.5, 0.6) is 11.5 Å². The van der Waals surface area contributed by atoms with E-state index in [9.17, 15) is 21.2 Å². The molecule has 8 nitrogen and oxygen atoms in total. The van der Waals surface area contributed by atoms with Crippen molar-refractivity contribution < 1.29 is 30.7 Å². The lowest BCUT2D eigenvalue weighted by atomic mass is 10.3. The van der Waals surface area contributed by atoms with Gasteiger partial charge in [0.2, 0.25) is 0 Å². The van der Waals surface area contributed by atoms with Gasteiger partial charge in [0, 0.05) is 16.1 Å². The molecule has 0 aromatic heterocycles. The Kier molecular flexibility index (Phi) is 7.27. The summed E-state index contributed by atoms with van der Waals surface area (Å²) >= 11 is 11.8. The molecule has 0 aliphatic carbocycles. The second-order valence-electron chi connectivity index (χ2n) is 6.49. The maximum Gasteiger partial charge on any atom is 0.265 e. The molecule has 3 aromatic rings. The van der Waals surface area contributed by atoms with Crippen LogP contribution in [0.4, 0.5) is 15.8 Å². The van der Waals surface area contributed by atoms with Crippen LogP contribution in [0.15, 0.2) is 64.4 Å². The Morgan fingerprint density at radius 1 is 0.697 bits per heavy atom. The van der Waals surface area contributed by atoms with Gasteiger partial charge in [-0.05, 0) is 48.5 Å². The number of halogens is 3. The Bertz CT molecular complexity index is 1420. The molecule has 33 heavy (non-hydrogen) atoms. The van der Waals surface area contributed by atoms with Gasteiger partial charge in [-0.3, -0.25) is 9.44 Å². The largest absolute Gasteiger partial charge is 0.495 e. The van der Waals surface area contributed by atoms with Crippen molar-refractivity contribution in [1.29, 1.82) is 0 Å². The highest BCUT2D eigenvalue weighted by molar-refractivity contribution is 7.93. The second kappa shape index (κ2) is 9.64. The SMILES string of the molecule is COc1ccc(Cl)cc1S(=O)(=O)Nc1ccc(F)cc1NS(=O)(=O)c1cc(Cl)ccc1OC. The minimum Gasteiger partial charge on any atom is -0.495 e. The molecule has 176 valence electrons. The zero-order chi connectivity index (χ0) is 24.4. The normalized spacial score (nSPS) is 11.7. The Hall–Kier alpha value is -2.73.